The molecule has 1 aliphatic heterocycles. The second-order valence-electron chi connectivity index (χ2n) is 5.70. The van der Waals surface area contributed by atoms with E-state index >= 15 is 0 Å². The first-order valence-electron chi connectivity index (χ1n) is 7.35. The Morgan fingerprint density at radius 1 is 1.26 bits per heavy atom. The van der Waals surface area contributed by atoms with Crippen LogP contribution < -0.4 is 15.6 Å². The number of nitrogens with one attached hydrogen (secondary N) is 2. The molecule has 0 atom stereocenters. The summed E-state index contributed by atoms with van der Waals surface area (Å²) in [7, 11) is 4.05. The summed E-state index contributed by atoms with van der Waals surface area (Å²) in [6.07, 6.45) is 1.83. The Hall–Kier alpha value is -1.43. The quantitative estimate of drug-likeness (QED) is 0.880. The largest absolute Gasteiger partial charge is 0.492 e. The van der Waals surface area contributed by atoms with Gasteiger partial charge in [-0.2, -0.15) is 0 Å². The highest BCUT2D eigenvalue weighted by Gasteiger charge is 2.16. The van der Waals surface area contributed by atoms with Crippen LogP contribution in [0.2, 0.25) is 0 Å². The summed E-state index contributed by atoms with van der Waals surface area (Å²) in [6.45, 7) is 2.44. The second kappa shape index (κ2) is 8.43. The number of pyridine rings is 1. The first-order chi connectivity index (χ1) is 10.1. The number of ether oxygens (including phenoxy) is 1. The summed E-state index contributed by atoms with van der Waals surface area (Å²) < 4.78 is 5.78. The van der Waals surface area contributed by atoms with E-state index in [0.29, 0.717) is 6.61 Å². The predicted molar refractivity (Wildman–Crippen MR) is 99.9 cm³/mol. The lowest BCUT2D eigenvalue weighted by Gasteiger charge is -2.19. The Bertz CT molecular complexity index is 716. The monoisotopic (exact) mass is 359 g/mol. The van der Waals surface area contributed by atoms with E-state index in [0.717, 1.165) is 53.8 Å². The Labute approximate surface area is 148 Å². The van der Waals surface area contributed by atoms with Crippen molar-refractivity contribution in [3.63, 3.8) is 0 Å². The van der Waals surface area contributed by atoms with Crippen molar-refractivity contribution in [1.82, 2.24) is 9.88 Å². The Balaban J connectivity index is 0.00000132. The third-order valence-electron chi connectivity index (χ3n) is 3.80. The molecule has 0 amide bonds. The van der Waals surface area contributed by atoms with Crippen LogP contribution in [0, 0.1) is 0 Å². The minimum absolute atomic E-state index is 0. The van der Waals surface area contributed by atoms with E-state index in [1.807, 2.05) is 32.3 Å². The fourth-order valence-electron chi connectivity index (χ4n) is 2.67. The zero-order valence-electron chi connectivity index (χ0n) is 13.3. The van der Waals surface area contributed by atoms with E-state index < -0.39 is 0 Å². The summed E-state index contributed by atoms with van der Waals surface area (Å²) in [4.78, 5) is 17.1. The van der Waals surface area contributed by atoms with E-state index in [4.69, 9.17) is 4.74 Å². The van der Waals surface area contributed by atoms with E-state index in [9.17, 15) is 4.79 Å². The minimum atomic E-state index is 0. The number of hydrogen-bond donors (Lipinski definition) is 2. The van der Waals surface area contributed by atoms with Gasteiger partial charge >= 0.3 is 0 Å². The molecule has 0 radical (unpaired) electrons. The van der Waals surface area contributed by atoms with Crippen LogP contribution in [0.4, 0.5) is 5.69 Å². The van der Waals surface area contributed by atoms with Gasteiger partial charge in [-0.3, -0.25) is 4.79 Å². The van der Waals surface area contributed by atoms with Gasteiger partial charge in [-0.05, 0) is 45.1 Å². The van der Waals surface area contributed by atoms with Crippen LogP contribution in [0.15, 0.2) is 23.0 Å². The smallest absolute Gasteiger partial charge is 0.253 e. The van der Waals surface area contributed by atoms with Gasteiger partial charge in [0, 0.05) is 24.0 Å². The van der Waals surface area contributed by atoms with Crippen LogP contribution in [-0.4, -0.2) is 43.7 Å². The van der Waals surface area contributed by atoms with Gasteiger partial charge in [-0.15, -0.1) is 24.8 Å². The second-order valence-corrected chi connectivity index (χ2v) is 5.70. The van der Waals surface area contributed by atoms with Gasteiger partial charge in [0.1, 0.15) is 12.4 Å². The molecule has 0 saturated carbocycles. The van der Waals surface area contributed by atoms with E-state index in [1.165, 1.54) is 0 Å². The number of anilines is 1. The number of aromatic amines is 1. The Morgan fingerprint density at radius 3 is 2.78 bits per heavy atom. The van der Waals surface area contributed by atoms with Crippen molar-refractivity contribution in [1.29, 1.82) is 0 Å². The molecule has 3 rings (SSSR count). The average molecular weight is 360 g/mol. The number of halogens is 2. The van der Waals surface area contributed by atoms with Crippen LogP contribution >= 0.6 is 24.8 Å². The molecule has 7 heteroatoms. The van der Waals surface area contributed by atoms with Crippen molar-refractivity contribution < 1.29 is 4.74 Å². The number of rotatable bonds is 4. The number of likely N-dealkylation sites (N-methyl/N-ethyl adjacent to an activating group) is 1. The zero-order chi connectivity index (χ0) is 14.8. The molecular weight excluding hydrogens is 337 g/mol. The molecule has 0 aliphatic carbocycles. The lowest BCUT2D eigenvalue weighted by Crippen LogP contribution is -2.22. The van der Waals surface area contributed by atoms with Crippen molar-refractivity contribution in [3.8, 4) is 5.75 Å². The van der Waals surface area contributed by atoms with Gasteiger partial charge in [0.2, 0.25) is 0 Å². The topological polar surface area (TPSA) is 57.4 Å². The molecule has 1 aromatic carbocycles. The van der Waals surface area contributed by atoms with Gasteiger partial charge in [-0.25, -0.2) is 0 Å². The zero-order valence-corrected chi connectivity index (χ0v) is 15.0. The molecule has 1 aliphatic rings. The van der Waals surface area contributed by atoms with Crippen molar-refractivity contribution in [3.05, 3.63) is 34.1 Å². The van der Waals surface area contributed by atoms with Crippen molar-refractivity contribution in [2.24, 2.45) is 0 Å². The molecular formula is C16H23Cl2N3O2. The maximum absolute atomic E-state index is 12.1. The fourth-order valence-corrected chi connectivity index (χ4v) is 2.67. The van der Waals surface area contributed by atoms with Crippen molar-refractivity contribution in [2.75, 3.05) is 39.1 Å². The highest BCUT2D eigenvalue weighted by Crippen LogP contribution is 2.30. The van der Waals surface area contributed by atoms with E-state index in [2.05, 4.69) is 15.2 Å². The van der Waals surface area contributed by atoms with Gasteiger partial charge in [0.25, 0.3) is 5.56 Å². The molecule has 2 N–H and O–H groups in total. The van der Waals surface area contributed by atoms with Crippen LogP contribution in [0.5, 0.6) is 5.75 Å². The number of fused-ring (bicyclic) bond motifs is 3. The third-order valence-corrected chi connectivity index (χ3v) is 3.80. The molecule has 0 unspecified atom stereocenters. The predicted octanol–water partition coefficient (Wildman–Crippen LogP) is 2.67. The first kappa shape index (κ1) is 19.6. The van der Waals surface area contributed by atoms with Gasteiger partial charge < -0.3 is 19.9 Å². The molecule has 128 valence electrons. The van der Waals surface area contributed by atoms with Crippen LogP contribution in [-0.2, 0) is 6.42 Å². The summed E-state index contributed by atoms with van der Waals surface area (Å²) in [6, 6.07) is 5.83. The molecule has 1 aromatic heterocycles. The van der Waals surface area contributed by atoms with Crippen LogP contribution in [0.25, 0.3) is 10.9 Å². The van der Waals surface area contributed by atoms with E-state index in [-0.39, 0.29) is 30.4 Å². The van der Waals surface area contributed by atoms with Crippen LogP contribution in [0.1, 0.15) is 12.0 Å². The van der Waals surface area contributed by atoms with E-state index in [1.54, 1.807) is 0 Å². The summed E-state index contributed by atoms with van der Waals surface area (Å²) in [5.41, 5.74) is 2.70. The highest BCUT2D eigenvalue weighted by molar-refractivity contribution is 5.94. The molecule has 0 spiro atoms. The van der Waals surface area contributed by atoms with Crippen molar-refractivity contribution in [2.45, 2.75) is 12.8 Å². The molecule has 0 bridgehead atoms. The molecule has 0 fully saturated rings. The molecule has 2 aromatic rings. The number of aromatic nitrogens is 1. The molecule has 0 saturated heterocycles. The maximum atomic E-state index is 12.1. The fraction of sp³-hybridized carbons (Fsp3) is 0.438. The van der Waals surface area contributed by atoms with Gasteiger partial charge in [-0.1, -0.05) is 0 Å². The SMILES string of the molecule is CN(C)CCOc1ccc2[nH]c(=O)c3c(c2c1)NCCC3.Cl.Cl. The van der Waals surface area contributed by atoms with Crippen LogP contribution in [0.3, 0.4) is 0 Å². The van der Waals surface area contributed by atoms with Gasteiger partial charge in [0.05, 0.1) is 11.2 Å². The number of nitrogens with zero attached hydrogens (tertiary/aromatic N) is 1. The molecule has 2 heterocycles. The summed E-state index contributed by atoms with van der Waals surface area (Å²) in [5, 5.41) is 4.40. The standard InChI is InChI=1S/C16H21N3O2.2ClH/c1-19(2)8-9-21-11-5-6-14-13(10-11)15-12(16(20)18-14)4-3-7-17-15;;/h5-6,10,17H,3-4,7-9H2,1-2H3,(H,18,20);2*1H. The first-order valence-corrected chi connectivity index (χ1v) is 7.35. The molecule has 23 heavy (non-hydrogen) atoms. The summed E-state index contributed by atoms with van der Waals surface area (Å²) in [5.74, 6) is 0.839. The third kappa shape index (κ3) is 4.31. The Morgan fingerprint density at radius 2 is 2.04 bits per heavy atom. The number of hydrogen-bond acceptors (Lipinski definition) is 4. The summed E-state index contributed by atoms with van der Waals surface area (Å²) >= 11 is 0. The minimum Gasteiger partial charge on any atom is -0.492 e. The Kier molecular flexibility index (Phi) is 7.19. The average Bonchev–Trinajstić information content (AvgIpc) is 2.48. The lowest BCUT2D eigenvalue weighted by atomic mass is 10.0. The lowest BCUT2D eigenvalue weighted by molar-refractivity contribution is 0.261. The number of benzene rings is 1. The number of H-pyrrole nitrogens is 1. The highest BCUT2D eigenvalue weighted by atomic mass is 35.5. The molecule has 5 nitrogen and oxygen atoms in total. The van der Waals surface area contributed by atoms with Gasteiger partial charge in [0.15, 0.2) is 0 Å². The maximum Gasteiger partial charge on any atom is 0.253 e. The van der Waals surface area contributed by atoms with Crippen molar-refractivity contribution >= 4 is 41.4 Å². The normalized spacial score (nSPS) is 12.8.